The predicted octanol–water partition coefficient (Wildman–Crippen LogP) is 4.77. The lowest BCUT2D eigenvalue weighted by Gasteiger charge is -2.11. The molecule has 2 heterocycles. The first kappa shape index (κ1) is 13.8. The number of benzene rings is 1. The summed E-state index contributed by atoms with van der Waals surface area (Å²) in [6.07, 6.45) is 0. The Balaban J connectivity index is 2.13. The van der Waals surface area contributed by atoms with Gasteiger partial charge in [0, 0.05) is 4.47 Å². The number of halogens is 3. The molecule has 98 valence electrons. The second-order valence-electron chi connectivity index (χ2n) is 4.05. The van der Waals surface area contributed by atoms with E-state index >= 15 is 0 Å². The number of rotatable bonds is 2. The molecule has 0 radical (unpaired) electrons. The van der Waals surface area contributed by atoms with E-state index in [0.717, 1.165) is 21.1 Å². The zero-order valence-electron chi connectivity index (χ0n) is 9.34. The van der Waals surface area contributed by atoms with Crippen LogP contribution in [0.4, 0.5) is 0 Å². The number of H-pyrrole nitrogens is 2. The van der Waals surface area contributed by atoms with Gasteiger partial charge >= 0.3 is 5.69 Å². The molecule has 0 bridgehead atoms. The Morgan fingerprint density at radius 1 is 1.21 bits per heavy atom. The monoisotopic (exact) mass is 512 g/mol. The number of aromatic nitrogens is 2. The van der Waals surface area contributed by atoms with Gasteiger partial charge in [-0.3, -0.25) is 0 Å². The highest BCUT2D eigenvalue weighted by Crippen LogP contribution is 2.38. The number of hydrogen-bond acceptors (Lipinski definition) is 2. The Bertz CT molecular complexity index is 808. The van der Waals surface area contributed by atoms with E-state index in [1.165, 1.54) is 8.45 Å². The molecule has 0 fully saturated rings. The molecule has 2 aromatic heterocycles. The Hall–Kier alpha value is -0.120. The van der Waals surface area contributed by atoms with Crippen molar-refractivity contribution in [1.82, 2.24) is 9.97 Å². The third-order valence-corrected chi connectivity index (χ3v) is 6.30. The van der Waals surface area contributed by atoms with Crippen LogP contribution in [0.15, 0.2) is 32.8 Å². The first-order valence-electron chi connectivity index (χ1n) is 5.34. The van der Waals surface area contributed by atoms with Crippen LogP contribution in [-0.4, -0.2) is 9.97 Å². The van der Waals surface area contributed by atoms with Gasteiger partial charge in [-0.1, -0.05) is 31.9 Å². The van der Waals surface area contributed by atoms with Crippen LogP contribution >= 0.6 is 65.8 Å². The van der Waals surface area contributed by atoms with Gasteiger partial charge in [-0.2, -0.15) is 0 Å². The molecule has 19 heavy (non-hydrogen) atoms. The summed E-state index contributed by atoms with van der Waals surface area (Å²) in [7, 11) is 0. The number of thiophene rings is 1. The number of aromatic amines is 2. The fourth-order valence-electron chi connectivity index (χ4n) is 1.90. The van der Waals surface area contributed by atoms with Gasteiger partial charge in [0.25, 0.3) is 0 Å². The molecule has 0 aliphatic carbocycles. The van der Waals surface area contributed by atoms with Crippen LogP contribution in [0.25, 0.3) is 11.0 Å². The molecule has 2 N–H and O–H groups in total. The van der Waals surface area contributed by atoms with Gasteiger partial charge in [-0.15, -0.1) is 11.3 Å². The van der Waals surface area contributed by atoms with E-state index in [0.29, 0.717) is 0 Å². The van der Waals surface area contributed by atoms with Crippen molar-refractivity contribution in [3.05, 3.63) is 52.5 Å². The molecule has 0 saturated carbocycles. The molecular weight excluding hydrogens is 507 g/mol. The minimum Gasteiger partial charge on any atom is -0.306 e. The summed E-state index contributed by atoms with van der Waals surface area (Å²) in [4.78, 5) is 17.0. The quantitative estimate of drug-likeness (QED) is 0.376. The summed E-state index contributed by atoms with van der Waals surface area (Å²) in [5.41, 5.74) is 3.75. The van der Waals surface area contributed by atoms with Crippen LogP contribution < -0.4 is 5.69 Å². The zero-order chi connectivity index (χ0) is 13.6. The predicted molar refractivity (Wildman–Crippen MR) is 94.4 cm³/mol. The fourth-order valence-corrected chi connectivity index (χ4v) is 5.00. The third kappa shape index (κ3) is 2.70. The van der Waals surface area contributed by atoms with Crippen LogP contribution in [0.3, 0.4) is 0 Å². The Morgan fingerprint density at radius 3 is 2.53 bits per heavy atom. The molecule has 1 unspecified atom stereocenters. The van der Waals surface area contributed by atoms with E-state index < -0.39 is 0 Å². The molecule has 0 aliphatic heterocycles. The van der Waals surface area contributed by atoms with E-state index in [-0.39, 0.29) is 10.5 Å². The summed E-state index contributed by atoms with van der Waals surface area (Å²) in [6.45, 7) is 0. The van der Waals surface area contributed by atoms with Crippen molar-refractivity contribution in [2.24, 2.45) is 0 Å². The van der Waals surface area contributed by atoms with Crippen molar-refractivity contribution >= 4 is 76.8 Å². The molecular formula is C12H7Br2IN2OS. The molecule has 3 rings (SSSR count). The largest absolute Gasteiger partial charge is 0.323 e. The molecule has 0 amide bonds. The van der Waals surface area contributed by atoms with Crippen molar-refractivity contribution in [2.75, 3.05) is 0 Å². The molecule has 7 heteroatoms. The molecule has 0 spiro atoms. The molecule has 0 aliphatic rings. The molecule has 1 aromatic carbocycles. The molecule has 3 aromatic rings. The van der Waals surface area contributed by atoms with Gasteiger partial charge in [-0.05, 0) is 57.3 Å². The molecule has 0 saturated heterocycles. The van der Waals surface area contributed by atoms with Crippen LogP contribution in [0.1, 0.15) is 16.0 Å². The van der Waals surface area contributed by atoms with E-state index in [9.17, 15) is 4.79 Å². The van der Waals surface area contributed by atoms with Gasteiger partial charge in [-0.25, -0.2) is 4.79 Å². The Labute approximate surface area is 143 Å². The normalized spacial score (nSPS) is 13.0. The third-order valence-electron chi connectivity index (χ3n) is 2.79. The highest BCUT2D eigenvalue weighted by atomic mass is 127. The Morgan fingerprint density at radius 2 is 1.89 bits per heavy atom. The van der Waals surface area contributed by atoms with Gasteiger partial charge < -0.3 is 9.97 Å². The maximum atomic E-state index is 11.3. The van der Waals surface area contributed by atoms with Crippen LogP contribution in [-0.2, 0) is 0 Å². The average molecular weight is 514 g/mol. The summed E-state index contributed by atoms with van der Waals surface area (Å²) in [6, 6.07) is 6.07. The standard InChI is InChI=1S/C12H7Br2IN2OS/c13-7-3-9-8(16-12(18)17-9)2-6(7)11(14)5-1-10(15)19-4-5/h1-4,11H,(H2,16,17,18). The van der Waals surface area contributed by atoms with Crippen molar-refractivity contribution in [1.29, 1.82) is 0 Å². The SMILES string of the molecule is O=c1[nH]c2cc(Br)c(C(Br)c3csc(I)c3)cc2[nH]1. The van der Waals surface area contributed by atoms with E-state index in [2.05, 4.69) is 75.9 Å². The van der Waals surface area contributed by atoms with E-state index in [1.54, 1.807) is 11.3 Å². The van der Waals surface area contributed by atoms with Crippen LogP contribution in [0, 0.1) is 2.88 Å². The lowest BCUT2D eigenvalue weighted by Crippen LogP contribution is -1.99. The maximum absolute atomic E-state index is 11.3. The number of hydrogen-bond donors (Lipinski definition) is 2. The lowest BCUT2D eigenvalue weighted by molar-refractivity contribution is 1.18. The van der Waals surface area contributed by atoms with Gasteiger partial charge in [0.1, 0.15) is 0 Å². The van der Waals surface area contributed by atoms with Crippen LogP contribution in [0.2, 0.25) is 0 Å². The summed E-state index contributed by atoms with van der Waals surface area (Å²) < 4.78 is 2.22. The highest BCUT2D eigenvalue weighted by Gasteiger charge is 2.16. The van der Waals surface area contributed by atoms with Crippen molar-refractivity contribution in [3.8, 4) is 0 Å². The number of nitrogens with one attached hydrogen (secondary N) is 2. The fraction of sp³-hybridized carbons (Fsp3) is 0.0833. The zero-order valence-corrected chi connectivity index (χ0v) is 15.5. The number of alkyl halides is 1. The minimum atomic E-state index is -0.185. The van der Waals surface area contributed by atoms with E-state index in [1.807, 2.05) is 12.1 Å². The molecule has 1 atom stereocenters. The smallest absolute Gasteiger partial charge is 0.306 e. The lowest BCUT2D eigenvalue weighted by atomic mass is 10.1. The number of fused-ring (bicyclic) bond motifs is 1. The summed E-state index contributed by atoms with van der Waals surface area (Å²) >= 11 is 11.3. The first-order chi connectivity index (χ1) is 9.04. The van der Waals surface area contributed by atoms with Gasteiger partial charge in [0.2, 0.25) is 0 Å². The molecule has 3 nitrogen and oxygen atoms in total. The minimum absolute atomic E-state index is 0.101. The van der Waals surface area contributed by atoms with Gasteiger partial charge in [0.15, 0.2) is 0 Å². The maximum Gasteiger partial charge on any atom is 0.323 e. The summed E-state index contributed by atoms with van der Waals surface area (Å²) in [5, 5.41) is 2.14. The average Bonchev–Trinajstić information content (AvgIpc) is 2.92. The summed E-state index contributed by atoms with van der Waals surface area (Å²) in [5.74, 6) is 0. The Kier molecular flexibility index (Phi) is 3.89. The van der Waals surface area contributed by atoms with Crippen molar-refractivity contribution in [2.45, 2.75) is 4.83 Å². The van der Waals surface area contributed by atoms with Crippen LogP contribution in [0.5, 0.6) is 0 Å². The topological polar surface area (TPSA) is 48.6 Å². The van der Waals surface area contributed by atoms with Gasteiger partial charge in [0.05, 0.1) is 18.7 Å². The van der Waals surface area contributed by atoms with Crippen molar-refractivity contribution < 1.29 is 0 Å². The second-order valence-corrected chi connectivity index (χ2v) is 8.62. The first-order valence-corrected chi connectivity index (χ1v) is 9.01. The second kappa shape index (κ2) is 5.34. The highest BCUT2D eigenvalue weighted by molar-refractivity contribution is 14.1. The van der Waals surface area contributed by atoms with E-state index in [4.69, 9.17) is 0 Å². The van der Waals surface area contributed by atoms with Crippen molar-refractivity contribution in [3.63, 3.8) is 0 Å². The number of imidazole rings is 1.